The molecule has 1 N–H and O–H groups in total. The van der Waals surface area contributed by atoms with Crippen LogP contribution in [0.1, 0.15) is 35.3 Å². The van der Waals surface area contributed by atoms with Gasteiger partial charge in [-0.15, -0.1) is 0 Å². The standard InChI is InChI=1S/C24H23N3O4/c1-15(2)30-19-8-9-20-21(11-23(28)31-22(20)10-19)24(29)26-18-12-25-27(14-18)13-17-7-5-4-6-16(17)3/h4-12,14-15H,13H2,1-3H3,(H,26,29). The maximum Gasteiger partial charge on any atom is 0.337 e. The fraction of sp³-hybridized carbons (Fsp3) is 0.208. The first-order valence-electron chi connectivity index (χ1n) is 10.0. The molecule has 0 unspecified atom stereocenters. The molecule has 0 aliphatic carbocycles. The molecule has 31 heavy (non-hydrogen) atoms. The van der Waals surface area contributed by atoms with E-state index in [0.717, 1.165) is 5.56 Å². The van der Waals surface area contributed by atoms with Gasteiger partial charge >= 0.3 is 5.63 Å². The lowest BCUT2D eigenvalue weighted by molar-refractivity contribution is 0.102. The molecule has 0 radical (unpaired) electrons. The smallest absolute Gasteiger partial charge is 0.337 e. The Hall–Kier alpha value is -3.87. The number of amides is 1. The fourth-order valence-electron chi connectivity index (χ4n) is 3.35. The Labute approximate surface area is 179 Å². The molecule has 7 nitrogen and oxygen atoms in total. The molecule has 0 saturated carbocycles. The van der Waals surface area contributed by atoms with Crippen LogP contribution >= 0.6 is 0 Å². The topological polar surface area (TPSA) is 86.4 Å². The van der Waals surface area contributed by atoms with E-state index in [1.165, 1.54) is 11.6 Å². The second-order valence-electron chi connectivity index (χ2n) is 7.61. The van der Waals surface area contributed by atoms with Gasteiger partial charge in [0.15, 0.2) is 0 Å². The maximum atomic E-state index is 12.9. The number of nitrogens with zero attached hydrogens (tertiary/aromatic N) is 2. The van der Waals surface area contributed by atoms with Crippen LogP contribution in [0.4, 0.5) is 5.69 Å². The van der Waals surface area contributed by atoms with E-state index in [1.54, 1.807) is 35.3 Å². The zero-order chi connectivity index (χ0) is 22.0. The predicted octanol–water partition coefficient (Wildman–Crippen LogP) is 4.39. The lowest BCUT2D eigenvalue weighted by atomic mass is 10.1. The third-order valence-electron chi connectivity index (χ3n) is 4.82. The van der Waals surface area contributed by atoms with Crippen molar-refractivity contribution in [2.45, 2.75) is 33.4 Å². The lowest BCUT2D eigenvalue weighted by Gasteiger charge is -2.11. The summed E-state index contributed by atoms with van der Waals surface area (Å²) in [7, 11) is 0. The number of fused-ring (bicyclic) bond motifs is 1. The molecular weight excluding hydrogens is 394 g/mol. The van der Waals surface area contributed by atoms with Crippen LogP contribution in [0.3, 0.4) is 0 Å². The monoisotopic (exact) mass is 417 g/mol. The summed E-state index contributed by atoms with van der Waals surface area (Å²) >= 11 is 0. The number of anilines is 1. The number of nitrogens with one attached hydrogen (secondary N) is 1. The second-order valence-corrected chi connectivity index (χ2v) is 7.61. The van der Waals surface area contributed by atoms with Crippen molar-refractivity contribution in [1.82, 2.24) is 9.78 Å². The van der Waals surface area contributed by atoms with E-state index >= 15 is 0 Å². The lowest BCUT2D eigenvalue weighted by Crippen LogP contribution is -2.15. The van der Waals surface area contributed by atoms with Crippen molar-refractivity contribution in [3.63, 3.8) is 0 Å². The van der Waals surface area contributed by atoms with E-state index in [0.29, 0.717) is 29.0 Å². The van der Waals surface area contributed by atoms with Crippen LogP contribution in [-0.2, 0) is 6.54 Å². The maximum absolute atomic E-state index is 12.9. The summed E-state index contributed by atoms with van der Waals surface area (Å²) in [6, 6.07) is 14.3. The van der Waals surface area contributed by atoms with Gasteiger partial charge in [0, 0.05) is 23.7 Å². The van der Waals surface area contributed by atoms with Gasteiger partial charge in [0.2, 0.25) is 0 Å². The number of rotatable bonds is 6. The van der Waals surface area contributed by atoms with Gasteiger partial charge in [0.25, 0.3) is 5.91 Å². The Kier molecular flexibility index (Phi) is 5.58. The number of carbonyl (C=O) groups is 1. The van der Waals surface area contributed by atoms with Gasteiger partial charge in [0.1, 0.15) is 11.3 Å². The Bertz CT molecular complexity index is 1300. The van der Waals surface area contributed by atoms with Crippen LogP contribution in [0.25, 0.3) is 11.0 Å². The average Bonchev–Trinajstić information content (AvgIpc) is 3.15. The fourth-order valence-corrected chi connectivity index (χ4v) is 3.35. The van der Waals surface area contributed by atoms with Gasteiger partial charge in [-0.3, -0.25) is 9.48 Å². The summed E-state index contributed by atoms with van der Waals surface area (Å²) < 4.78 is 12.7. The minimum atomic E-state index is -0.602. The molecule has 2 heterocycles. The van der Waals surface area contributed by atoms with Gasteiger partial charge < -0.3 is 14.5 Å². The highest BCUT2D eigenvalue weighted by atomic mass is 16.5. The van der Waals surface area contributed by atoms with Crippen LogP contribution in [-0.4, -0.2) is 21.8 Å². The molecule has 4 aromatic rings. The van der Waals surface area contributed by atoms with Gasteiger partial charge in [-0.05, 0) is 44.0 Å². The molecule has 0 aliphatic heterocycles. The highest BCUT2D eigenvalue weighted by Crippen LogP contribution is 2.24. The number of hydrogen-bond donors (Lipinski definition) is 1. The summed E-state index contributed by atoms with van der Waals surface area (Å²) in [6.07, 6.45) is 3.32. The first kappa shape index (κ1) is 20.4. The molecule has 2 aromatic heterocycles. The molecule has 0 saturated heterocycles. The van der Waals surface area contributed by atoms with Crippen LogP contribution in [0.2, 0.25) is 0 Å². The SMILES string of the molecule is Cc1ccccc1Cn1cc(NC(=O)c2cc(=O)oc3cc(OC(C)C)ccc23)cn1. The van der Waals surface area contributed by atoms with E-state index in [-0.39, 0.29) is 11.7 Å². The summed E-state index contributed by atoms with van der Waals surface area (Å²) in [5.74, 6) is 0.159. The number of hydrogen-bond acceptors (Lipinski definition) is 5. The van der Waals surface area contributed by atoms with Crippen molar-refractivity contribution in [1.29, 1.82) is 0 Å². The van der Waals surface area contributed by atoms with Gasteiger partial charge in [0.05, 0.1) is 30.1 Å². The van der Waals surface area contributed by atoms with Crippen molar-refractivity contribution in [2.75, 3.05) is 5.32 Å². The highest BCUT2D eigenvalue weighted by Gasteiger charge is 2.15. The molecule has 4 rings (SSSR count). The average molecular weight is 417 g/mol. The zero-order valence-corrected chi connectivity index (χ0v) is 17.6. The van der Waals surface area contributed by atoms with Crippen molar-refractivity contribution in [3.05, 3.63) is 88.0 Å². The molecule has 0 aliphatic rings. The molecule has 7 heteroatoms. The first-order chi connectivity index (χ1) is 14.9. The number of ether oxygens (including phenoxy) is 1. The Morgan fingerprint density at radius 3 is 2.77 bits per heavy atom. The summed E-state index contributed by atoms with van der Waals surface area (Å²) in [5, 5.41) is 7.66. The van der Waals surface area contributed by atoms with Gasteiger partial charge in [-0.2, -0.15) is 5.10 Å². The first-order valence-corrected chi connectivity index (χ1v) is 10.0. The van der Waals surface area contributed by atoms with E-state index in [9.17, 15) is 9.59 Å². The molecule has 0 fully saturated rings. The molecular formula is C24H23N3O4. The van der Waals surface area contributed by atoms with E-state index in [1.807, 2.05) is 45.0 Å². The summed E-state index contributed by atoms with van der Waals surface area (Å²) in [4.78, 5) is 24.9. The van der Waals surface area contributed by atoms with Crippen molar-refractivity contribution < 1.29 is 13.9 Å². The minimum Gasteiger partial charge on any atom is -0.491 e. The Morgan fingerprint density at radius 2 is 2.00 bits per heavy atom. The van der Waals surface area contributed by atoms with Crippen LogP contribution in [0.5, 0.6) is 5.75 Å². The Morgan fingerprint density at radius 1 is 1.19 bits per heavy atom. The Balaban J connectivity index is 1.57. The van der Waals surface area contributed by atoms with Crippen LogP contribution in [0, 0.1) is 6.92 Å². The molecule has 0 atom stereocenters. The van der Waals surface area contributed by atoms with E-state index in [2.05, 4.69) is 10.4 Å². The van der Waals surface area contributed by atoms with Crippen molar-refractivity contribution in [2.24, 2.45) is 0 Å². The molecule has 0 bridgehead atoms. The van der Waals surface area contributed by atoms with E-state index in [4.69, 9.17) is 9.15 Å². The van der Waals surface area contributed by atoms with Crippen molar-refractivity contribution in [3.8, 4) is 5.75 Å². The number of aromatic nitrogens is 2. The number of aryl methyl sites for hydroxylation is 1. The summed E-state index contributed by atoms with van der Waals surface area (Å²) in [5.41, 5.74) is 2.79. The predicted molar refractivity (Wildman–Crippen MR) is 119 cm³/mol. The van der Waals surface area contributed by atoms with Gasteiger partial charge in [-0.25, -0.2) is 4.79 Å². The van der Waals surface area contributed by atoms with Crippen LogP contribution in [0.15, 0.2) is 70.1 Å². The highest BCUT2D eigenvalue weighted by molar-refractivity contribution is 6.12. The van der Waals surface area contributed by atoms with Crippen molar-refractivity contribution >= 4 is 22.6 Å². The molecule has 158 valence electrons. The second kappa shape index (κ2) is 8.47. The third kappa shape index (κ3) is 4.66. The number of benzene rings is 2. The quantitative estimate of drug-likeness (QED) is 0.470. The van der Waals surface area contributed by atoms with Crippen LogP contribution < -0.4 is 15.7 Å². The van der Waals surface area contributed by atoms with Gasteiger partial charge in [-0.1, -0.05) is 24.3 Å². The number of carbonyl (C=O) groups excluding carboxylic acids is 1. The molecule has 0 spiro atoms. The van der Waals surface area contributed by atoms with E-state index < -0.39 is 11.5 Å². The molecule has 1 amide bonds. The third-order valence-corrected chi connectivity index (χ3v) is 4.82. The zero-order valence-electron chi connectivity index (χ0n) is 17.6. The largest absolute Gasteiger partial charge is 0.491 e. The normalized spacial score (nSPS) is 11.1. The minimum absolute atomic E-state index is 0.0214. The molecule has 2 aromatic carbocycles. The summed E-state index contributed by atoms with van der Waals surface area (Å²) in [6.45, 7) is 6.46.